The fourth-order valence-corrected chi connectivity index (χ4v) is 5.55. The Balaban J connectivity index is 1.47. The second-order valence-corrected chi connectivity index (χ2v) is 10.6. The molecule has 1 fully saturated rings. The van der Waals surface area contributed by atoms with E-state index in [4.69, 9.17) is 16.3 Å². The lowest BCUT2D eigenvalue weighted by Gasteiger charge is -2.29. The average Bonchev–Trinajstić information content (AvgIpc) is 2.87. The van der Waals surface area contributed by atoms with Gasteiger partial charge in [-0.05, 0) is 48.9 Å². The van der Waals surface area contributed by atoms with Crippen molar-refractivity contribution in [3.8, 4) is 0 Å². The van der Waals surface area contributed by atoms with Crippen molar-refractivity contribution in [1.29, 1.82) is 0 Å². The Kier molecular flexibility index (Phi) is 7.95. The fraction of sp³-hybridized carbons (Fsp3) is 0.269. The van der Waals surface area contributed by atoms with Crippen molar-refractivity contribution in [1.82, 2.24) is 5.32 Å². The van der Waals surface area contributed by atoms with Crippen molar-refractivity contribution in [3.05, 3.63) is 88.9 Å². The van der Waals surface area contributed by atoms with Crippen LogP contribution in [-0.2, 0) is 26.1 Å². The molecule has 0 spiro atoms. The molecule has 1 heterocycles. The van der Waals surface area contributed by atoms with Crippen LogP contribution in [0.1, 0.15) is 11.1 Å². The summed E-state index contributed by atoms with van der Waals surface area (Å²) in [6.45, 7) is 4.89. The maximum atomic E-state index is 13.5. The van der Waals surface area contributed by atoms with Crippen LogP contribution in [0.4, 0.5) is 11.4 Å². The molecule has 9 heteroatoms. The number of sulfonamides is 1. The summed E-state index contributed by atoms with van der Waals surface area (Å²) in [5.74, 6) is -0.433. The van der Waals surface area contributed by atoms with Gasteiger partial charge in [0.1, 0.15) is 6.54 Å². The molecule has 4 rings (SSSR count). The molecule has 0 saturated carbocycles. The minimum absolute atomic E-state index is 0.0921. The lowest BCUT2D eigenvalue weighted by molar-refractivity contribution is -0.119. The van der Waals surface area contributed by atoms with Crippen LogP contribution in [-0.4, -0.2) is 47.2 Å². The SMILES string of the molecule is Cc1ccc(S(=O)(=O)N(CC(=O)NCc2ccc(N3CCOCC3)cc2)c2ccccc2Cl)cc1. The number of nitrogens with zero attached hydrogens (tertiary/aromatic N) is 2. The maximum Gasteiger partial charge on any atom is 0.264 e. The Morgan fingerprint density at radius 2 is 1.66 bits per heavy atom. The highest BCUT2D eigenvalue weighted by atomic mass is 35.5. The average molecular weight is 514 g/mol. The van der Waals surface area contributed by atoms with E-state index in [1.165, 1.54) is 12.1 Å². The van der Waals surface area contributed by atoms with Crippen molar-refractivity contribution in [3.63, 3.8) is 0 Å². The summed E-state index contributed by atoms with van der Waals surface area (Å²) in [6, 6.07) is 21.0. The molecule has 0 aromatic heterocycles. The third kappa shape index (κ3) is 6.14. The monoisotopic (exact) mass is 513 g/mol. The number of morpholine rings is 1. The van der Waals surface area contributed by atoms with Gasteiger partial charge in [0.15, 0.2) is 0 Å². The summed E-state index contributed by atoms with van der Waals surface area (Å²) in [5, 5.41) is 3.07. The molecule has 1 aliphatic heterocycles. The van der Waals surface area contributed by atoms with E-state index in [9.17, 15) is 13.2 Å². The summed E-state index contributed by atoms with van der Waals surface area (Å²) < 4.78 is 33.4. The number of anilines is 2. The highest BCUT2D eigenvalue weighted by molar-refractivity contribution is 7.92. The van der Waals surface area contributed by atoms with Crippen LogP contribution in [0.5, 0.6) is 0 Å². The Hall–Kier alpha value is -3.07. The highest BCUT2D eigenvalue weighted by Crippen LogP contribution is 2.30. The van der Waals surface area contributed by atoms with Crippen molar-refractivity contribution >= 4 is 38.9 Å². The summed E-state index contributed by atoms with van der Waals surface area (Å²) in [4.78, 5) is 15.2. The lowest BCUT2D eigenvalue weighted by atomic mass is 10.2. The predicted octanol–water partition coefficient (Wildman–Crippen LogP) is 4.00. The number of hydrogen-bond acceptors (Lipinski definition) is 5. The van der Waals surface area contributed by atoms with Gasteiger partial charge in [-0.1, -0.05) is 53.6 Å². The van der Waals surface area contributed by atoms with Crippen LogP contribution < -0.4 is 14.5 Å². The number of para-hydroxylation sites is 1. The number of halogens is 1. The van der Waals surface area contributed by atoms with Crippen LogP contribution in [0, 0.1) is 6.92 Å². The molecule has 0 radical (unpaired) electrons. The second kappa shape index (κ2) is 11.1. The molecular formula is C26H28ClN3O4S. The molecule has 0 aliphatic carbocycles. The third-order valence-corrected chi connectivity index (χ3v) is 7.91. The van der Waals surface area contributed by atoms with Gasteiger partial charge >= 0.3 is 0 Å². The Labute approximate surface area is 211 Å². The second-order valence-electron chi connectivity index (χ2n) is 8.32. The number of ether oxygens (including phenoxy) is 1. The zero-order valence-electron chi connectivity index (χ0n) is 19.5. The maximum absolute atomic E-state index is 13.5. The van der Waals surface area contributed by atoms with E-state index in [-0.39, 0.29) is 22.2 Å². The molecular weight excluding hydrogens is 486 g/mol. The van der Waals surface area contributed by atoms with E-state index < -0.39 is 22.5 Å². The standard InChI is InChI=1S/C26H28ClN3O4S/c1-20-6-12-23(13-7-20)35(32,33)30(25-5-3-2-4-24(25)27)19-26(31)28-18-21-8-10-22(11-9-21)29-14-16-34-17-15-29/h2-13H,14-19H2,1H3,(H,28,31). The van der Waals surface area contributed by atoms with Gasteiger partial charge in [0.05, 0.1) is 28.8 Å². The summed E-state index contributed by atoms with van der Waals surface area (Å²) >= 11 is 6.32. The zero-order chi connectivity index (χ0) is 24.8. The zero-order valence-corrected chi connectivity index (χ0v) is 21.1. The minimum atomic E-state index is -4.02. The van der Waals surface area contributed by atoms with Crippen molar-refractivity contribution in [2.24, 2.45) is 0 Å². The normalized spacial score (nSPS) is 13.9. The Morgan fingerprint density at radius 1 is 1.00 bits per heavy atom. The van der Waals surface area contributed by atoms with E-state index in [0.29, 0.717) is 13.2 Å². The topological polar surface area (TPSA) is 79.0 Å². The van der Waals surface area contributed by atoms with Crippen LogP contribution in [0.15, 0.2) is 77.7 Å². The number of amides is 1. The van der Waals surface area contributed by atoms with E-state index >= 15 is 0 Å². The predicted molar refractivity (Wildman–Crippen MR) is 138 cm³/mol. The number of aryl methyl sites for hydroxylation is 1. The van der Waals surface area contributed by atoms with E-state index in [2.05, 4.69) is 10.2 Å². The number of nitrogens with one attached hydrogen (secondary N) is 1. The van der Waals surface area contributed by atoms with Gasteiger partial charge in [-0.25, -0.2) is 8.42 Å². The van der Waals surface area contributed by atoms with E-state index in [1.807, 2.05) is 31.2 Å². The van der Waals surface area contributed by atoms with Gasteiger partial charge in [-0.2, -0.15) is 0 Å². The lowest BCUT2D eigenvalue weighted by Crippen LogP contribution is -2.40. The van der Waals surface area contributed by atoms with Crippen LogP contribution in [0.2, 0.25) is 5.02 Å². The molecule has 7 nitrogen and oxygen atoms in total. The first-order valence-electron chi connectivity index (χ1n) is 11.4. The number of carbonyl (C=O) groups is 1. The summed E-state index contributed by atoms with van der Waals surface area (Å²) in [7, 11) is -4.02. The molecule has 0 bridgehead atoms. The summed E-state index contributed by atoms with van der Waals surface area (Å²) in [6.07, 6.45) is 0. The molecule has 0 atom stereocenters. The van der Waals surface area contributed by atoms with Gasteiger partial charge in [-0.15, -0.1) is 0 Å². The number of hydrogen-bond donors (Lipinski definition) is 1. The Bertz CT molecular complexity index is 1260. The molecule has 0 unspecified atom stereocenters. The molecule has 3 aromatic rings. The first-order chi connectivity index (χ1) is 16.8. The first-order valence-corrected chi connectivity index (χ1v) is 13.2. The van der Waals surface area contributed by atoms with Crippen LogP contribution in [0.3, 0.4) is 0 Å². The quantitative estimate of drug-likeness (QED) is 0.492. The third-order valence-electron chi connectivity index (χ3n) is 5.82. The van der Waals surface area contributed by atoms with Gasteiger partial charge in [-0.3, -0.25) is 9.10 Å². The molecule has 35 heavy (non-hydrogen) atoms. The molecule has 1 aliphatic rings. The largest absolute Gasteiger partial charge is 0.378 e. The van der Waals surface area contributed by atoms with Crippen LogP contribution >= 0.6 is 11.6 Å². The minimum Gasteiger partial charge on any atom is -0.378 e. The van der Waals surface area contributed by atoms with Gasteiger partial charge in [0.25, 0.3) is 10.0 Å². The summed E-state index contributed by atoms with van der Waals surface area (Å²) in [5.41, 5.74) is 3.21. The van der Waals surface area contributed by atoms with Gasteiger partial charge in [0.2, 0.25) is 5.91 Å². The smallest absolute Gasteiger partial charge is 0.264 e. The van der Waals surface area contributed by atoms with Gasteiger partial charge < -0.3 is 15.0 Å². The van der Waals surface area contributed by atoms with Crippen LogP contribution in [0.25, 0.3) is 0 Å². The molecule has 184 valence electrons. The Morgan fingerprint density at radius 3 is 2.31 bits per heavy atom. The highest BCUT2D eigenvalue weighted by Gasteiger charge is 2.28. The first kappa shape index (κ1) is 25.0. The van der Waals surface area contributed by atoms with E-state index in [1.54, 1.807) is 36.4 Å². The number of rotatable bonds is 8. The van der Waals surface area contributed by atoms with E-state index in [0.717, 1.165) is 34.2 Å². The van der Waals surface area contributed by atoms with Crippen molar-refractivity contribution in [2.75, 3.05) is 42.1 Å². The molecule has 1 N–H and O–H groups in total. The fourth-order valence-electron chi connectivity index (χ4n) is 3.82. The van der Waals surface area contributed by atoms with Crippen molar-refractivity contribution in [2.45, 2.75) is 18.4 Å². The van der Waals surface area contributed by atoms with Crippen molar-refractivity contribution < 1.29 is 17.9 Å². The number of carbonyl (C=O) groups excluding carboxylic acids is 1. The molecule has 3 aromatic carbocycles. The molecule has 1 amide bonds. The number of benzene rings is 3. The molecule has 1 saturated heterocycles. The van der Waals surface area contributed by atoms with Gasteiger partial charge in [0, 0.05) is 25.3 Å².